The molecule has 1 saturated heterocycles. The summed E-state index contributed by atoms with van der Waals surface area (Å²) in [5.41, 5.74) is 1.45. The van der Waals surface area contributed by atoms with Gasteiger partial charge in [-0.2, -0.15) is 0 Å². The van der Waals surface area contributed by atoms with Gasteiger partial charge in [-0.05, 0) is 86.2 Å². The summed E-state index contributed by atoms with van der Waals surface area (Å²) in [5.74, 6) is 0.326. The first-order chi connectivity index (χ1) is 15.9. The van der Waals surface area contributed by atoms with Crippen LogP contribution in [-0.4, -0.2) is 56.9 Å². The highest BCUT2D eigenvalue weighted by molar-refractivity contribution is 5.80. The van der Waals surface area contributed by atoms with Gasteiger partial charge in [0.25, 0.3) is 0 Å². The molecule has 34 heavy (non-hydrogen) atoms. The first-order valence-electron chi connectivity index (χ1n) is 13.0. The molecule has 4 fully saturated rings. The van der Waals surface area contributed by atoms with Crippen molar-refractivity contribution >= 4 is 5.97 Å². The highest BCUT2D eigenvalue weighted by atomic mass is 16.6. The first-order valence-corrected chi connectivity index (χ1v) is 13.0. The van der Waals surface area contributed by atoms with Crippen LogP contribution in [0.15, 0.2) is 35.5 Å². The molecule has 4 aliphatic rings. The first kappa shape index (κ1) is 25.6. The minimum atomic E-state index is -1.84. The van der Waals surface area contributed by atoms with Crippen LogP contribution in [0, 0.1) is 29.1 Å². The van der Waals surface area contributed by atoms with Crippen molar-refractivity contribution in [1.29, 1.82) is 0 Å². The minimum absolute atomic E-state index is 0.160. The summed E-state index contributed by atoms with van der Waals surface area (Å²) in [4.78, 5) is 11.8. The molecule has 2 unspecified atom stereocenters. The molecular formula is C28H42O6. The number of allylic oxidation sites excluding steroid dienone is 3. The second kappa shape index (κ2) is 9.53. The number of ether oxygens (including phenoxy) is 1. The Balaban J connectivity index is 1.48. The summed E-state index contributed by atoms with van der Waals surface area (Å²) in [6.45, 7) is 10.2. The fraction of sp³-hybridized carbons (Fsp3) is 0.750. The van der Waals surface area contributed by atoms with Crippen LogP contribution in [0.2, 0.25) is 0 Å². The van der Waals surface area contributed by atoms with E-state index < -0.39 is 29.9 Å². The molecule has 1 heterocycles. The quantitative estimate of drug-likeness (QED) is 0.465. The van der Waals surface area contributed by atoms with Crippen LogP contribution < -0.4 is 0 Å². The normalized spacial score (nSPS) is 46.4. The molecule has 3 aliphatic carbocycles. The summed E-state index contributed by atoms with van der Waals surface area (Å²) in [6, 6.07) is 0. The Kier molecular flexibility index (Phi) is 7.18. The number of carbonyl (C=O) groups excluding carboxylic acids is 1. The van der Waals surface area contributed by atoms with Gasteiger partial charge in [0.1, 0.15) is 0 Å². The summed E-state index contributed by atoms with van der Waals surface area (Å²) in [7, 11) is 0. The topological polar surface area (TPSA) is 107 Å². The Morgan fingerprint density at radius 3 is 2.68 bits per heavy atom. The molecule has 0 bridgehead atoms. The van der Waals surface area contributed by atoms with Crippen LogP contribution in [-0.2, 0) is 9.53 Å². The standard InChI is InChI=1S/C28H42O6/c1-16(12-20-15-34-26(32)28(4,33)25(20)31)22-9-10-23-18(6-5-11-27(22,23)3)7-8-19-13-21(29)14-24(30)17(19)2/h7-8,16,20-25,29-31,33H,2,5-6,9-15H2,1,3-4H3/b18-7+,19-8-/t16-,20?,21-,22-,23?,24+,25-,27-,28-/m1/s1. The average Bonchev–Trinajstić information content (AvgIpc) is 3.13. The van der Waals surface area contributed by atoms with Gasteiger partial charge >= 0.3 is 5.97 Å². The molecule has 0 aromatic carbocycles. The van der Waals surface area contributed by atoms with Gasteiger partial charge in [-0.3, -0.25) is 0 Å². The number of carbonyl (C=O) groups is 1. The van der Waals surface area contributed by atoms with Crippen molar-refractivity contribution in [3.63, 3.8) is 0 Å². The summed E-state index contributed by atoms with van der Waals surface area (Å²) < 4.78 is 5.19. The fourth-order valence-electron chi connectivity index (χ4n) is 7.52. The molecular weight excluding hydrogens is 432 g/mol. The van der Waals surface area contributed by atoms with E-state index in [0.717, 1.165) is 43.3 Å². The van der Waals surface area contributed by atoms with E-state index in [1.807, 2.05) is 0 Å². The van der Waals surface area contributed by atoms with E-state index in [0.29, 0.717) is 30.6 Å². The minimum Gasteiger partial charge on any atom is -0.463 e. The third-order valence-electron chi connectivity index (χ3n) is 9.53. The van der Waals surface area contributed by atoms with Crippen LogP contribution in [0.1, 0.15) is 72.1 Å². The predicted octanol–water partition coefficient (Wildman–Crippen LogP) is 3.44. The van der Waals surface area contributed by atoms with E-state index in [9.17, 15) is 25.2 Å². The number of esters is 1. The number of hydrogen-bond donors (Lipinski definition) is 4. The van der Waals surface area contributed by atoms with E-state index in [2.05, 4.69) is 32.6 Å². The van der Waals surface area contributed by atoms with Crippen LogP contribution >= 0.6 is 0 Å². The number of aliphatic hydroxyl groups is 4. The van der Waals surface area contributed by atoms with Gasteiger partial charge in [-0.15, -0.1) is 0 Å². The maximum atomic E-state index is 11.8. The van der Waals surface area contributed by atoms with Gasteiger partial charge < -0.3 is 25.2 Å². The summed E-state index contributed by atoms with van der Waals surface area (Å²) in [5, 5.41) is 41.2. The van der Waals surface area contributed by atoms with Crippen molar-refractivity contribution in [2.24, 2.45) is 29.1 Å². The van der Waals surface area contributed by atoms with E-state index in [-0.39, 0.29) is 17.9 Å². The van der Waals surface area contributed by atoms with Crippen LogP contribution in [0.25, 0.3) is 0 Å². The molecule has 4 rings (SSSR count). The molecule has 0 aromatic heterocycles. The van der Waals surface area contributed by atoms with Crippen LogP contribution in [0.3, 0.4) is 0 Å². The third-order valence-corrected chi connectivity index (χ3v) is 9.53. The molecule has 1 aliphatic heterocycles. The van der Waals surface area contributed by atoms with Crippen molar-refractivity contribution in [1.82, 2.24) is 0 Å². The van der Waals surface area contributed by atoms with Gasteiger partial charge in [0.05, 0.1) is 24.9 Å². The highest BCUT2D eigenvalue weighted by Gasteiger charge is 2.53. The molecule has 4 N–H and O–H groups in total. The zero-order chi connectivity index (χ0) is 24.8. The Morgan fingerprint density at radius 2 is 1.94 bits per heavy atom. The van der Waals surface area contributed by atoms with Gasteiger partial charge in [-0.25, -0.2) is 4.79 Å². The number of fused-ring (bicyclic) bond motifs is 1. The van der Waals surface area contributed by atoms with Crippen molar-refractivity contribution < 1.29 is 30.0 Å². The van der Waals surface area contributed by atoms with Crippen molar-refractivity contribution in [2.45, 2.75) is 96.1 Å². The number of aliphatic hydroxyl groups excluding tert-OH is 3. The Bertz CT molecular complexity index is 872. The molecule has 0 amide bonds. The second-order valence-electron chi connectivity index (χ2n) is 11.8. The second-order valence-corrected chi connectivity index (χ2v) is 11.8. The average molecular weight is 475 g/mol. The molecule has 6 heteroatoms. The molecule has 9 atom stereocenters. The van der Waals surface area contributed by atoms with Crippen LogP contribution in [0.5, 0.6) is 0 Å². The molecule has 190 valence electrons. The van der Waals surface area contributed by atoms with Crippen LogP contribution in [0.4, 0.5) is 0 Å². The van der Waals surface area contributed by atoms with Gasteiger partial charge in [0.2, 0.25) is 0 Å². The van der Waals surface area contributed by atoms with Gasteiger partial charge in [-0.1, -0.05) is 38.2 Å². The summed E-state index contributed by atoms with van der Waals surface area (Å²) in [6.07, 6.45) is 9.25. The van der Waals surface area contributed by atoms with E-state index in [1.165, 1.54) is 18.9 Å². The lowest BCUT2D eigenvalue weighted by Gasteiger charge is -2.46. The van der Waals surface area contributed by atoms with Crippen molar-refractivity contribution in [3.05, 3.63) is 35.5 Å². The highest BCUT2D eigenvalue weighted by Crippen LogP contribution is 2.60. The maximum absolute atomic E-state index is 11.8. The zero-order valence-electron chi connectivity index (χ0n) is 20.9. The SMILES string of the molecule is C=C1/C(=C\C=C2/CCC[C@@]3(C)C2CC[C@@H]3[C@H](C)CC2COC(=O)[C@](C)(O)[C@@H]2O)C[C@@H](O)C[C@@H]1O. The third kappa shape index (κ3) is 4.55. The smallest absolute Gasteiger partial charge is 0.340 e. The number of rotatable bonds is 4. The zero-order valence-corrected chi connectivity index (χ0v) is 20.9. The Labute approximate surface area is 203 Å². The molecule has 0 aromatic rings. The Hall–Kier alpha value is -1.47. The fourth-order valence-corrected chi connectivity index (χ4v) is 7.52. The lowest BCUT2D eigenvalue weighted by molar-refractivity contribution is -0.200. The van der Waals surface area contributed by atoms with Gasteiger partial charge in [0, 0.05) is 12.3 Å². The maximum Gasteiger partial charge on any atom is 0.340 e. The number of cyclic esters (lactones) is 1. The number of hydrogen-bond acceptors (Lipinski definition) is 6. The molecule has 0 radical (unpaired) electrons. The predicted molar refractivity (Wildman–Crippen MR) is 130 cm³/mol. The Morgan fingerprint density at radius 1 is 1.21 bits per heavy atom. The van der Waals surface area contributed by atoms with Crippen molar-refractivity contribution in [3.8, 4) is 0 Å². The molecule has 0 spiro atoms. The summed E-state index contributed by atoms with van der Waals surface area (Å²) >= 11 is 0. The van der Waals surface area contributed by atoms with E-state index >= 15 is 0 Å². The van der Waals surface area contributed by atoms with Crippen molar-refractivity contribution in [2.75, 3.05) is 6.61 Å². The monoisotopic (exact) mass is 474 g/mol. The molecule has 3 saturated carbocycles. The van der Waals surface area contributed by atoms with E-state index in [4.69, 9.17) is 4.74 Å². The van der Waals surface area contributed by atoms with E-state index in [1.54, 1.807) is 0 Å². The lowest BCUT2D eigenvalue weighted by atomic mass is 9.60. The van der Waals surface area contributed by atoms with Gasteiger partial charge in [0.15, 0.2) is 5.60 Å². The lowest BCUT2D eigenvalue weighted by Crippen LogP contribution is -2.57. The largest absolute Gasteiger partial charge is 0.463 e. The molecule has 6 nitrogen and oxygen atoms in total.